The van der Waals surface area contributed by atoms with E-state index >= 15 is 0 Å². The number of aryl methyl sites for hydroxylation is 4. The van der Waals surface area contributed by atoms with Gasteiger partial charge >= 0.3 is 0 Å². The fourth-order valence-corrected chi connectivity index (χ4v) is 3.06. The Morgan fingerprint density at radius 3 is 1.46 bits per heavy atom. The Hall–Kier alpha value is -2.22. The largest absolute Gasteiger partial charge is 0.292 e. The number of benzene rings is 2. The first-order valence-corrected chi connectivity index (χ1v) is 9.84. The average Bonchev–Trinajstić information content (AvgIpc) is 2.65. The highest BCUT2D eigenvalue weighted by atomic mass is 14.7. The minimum atomic E-state index is 0.894. The van der Waals surface area contributed by atoms with Crippen LogP contribution in [0.3, 0.4) is 0 Å². The van der Waals surface area contributed by atoms with E-state index in [1.165, 1.54) is 35.1 Å². The van der Waals surface area contributed by atoms with Crippen LogP contribution in [0.15, 0.2) is 58.5 Å². The zero-order valence-electron chi connectivity index (χ0n) is 16.3. The maximum absolute atomic E-state index is 4.43. The summed E-state index contributed by atoms with van der Waals surface area (Å²) in [6.45, 7) is 6.16. The summed E-state index contributed by atoms with van der Waals surface area (Å²) in [4.78, 5) is 8.86. The lowest BCUT2D eigenvalue weighted by atomic mass is 10.0. The molecule has 0 heterocycles. The molecule has 2 heteroatoms. The topological polar surface area (TPSA) is 24.7 Å². The summed E-state index contributed by atoms with van der Waals surface area (Å²) < 4.78 is 0. The third kappa shape index (κ3) is 7.77. The lowest BCUT2D eigenvalue weighted by Gasteiger charge is -2.04. The molecule has 2 aromatic rings. The van der Waals surface area contributed by atoms with Crippen molar-refractivity contribution in [2.45, 2.75) is 52.4 Å². The highest BCUT2D eigenvalue weighted by molar-refractivity contribution is 6.15. The zero-order valence-corrected chi connectivity index (χ0v) is 16.3. The van der Waals surface area contributed by atoms with Gasteiger partial charge in [0.15, 0.2) is 0 Å². The summed E-state index contributed by atoms with van der Waals surface area (Å²) in [7, 11) is 0. The second-order valence-electron chi connectivity index (χ2n) is 6.88. The molecule has 2 aromatic carbocycles. The second-order valence-corrected chi connectivity index (χ2v) is 6.88. The van der Waals surface area contributed by atoms with Crippen molar-refractivity contribution in [1.82, 2.24) is 0 Å². The van der Waals surface area contributed by atoms with Gasteiger partial charge in [-0.05, 0) is 74.6 Å². The van der Waals surface area contributed by atoms with E-state index in [1.807, 2.05) is 12.4 Å². The molecule has 138 valence electrons. The summed E-state index contributed by atoms with van der Waals surface area (Å²) in [5.74, 6) is 0. The Balaban J connectivity index is 1.48. The van der Waals surface area contributed by atoms with Crippen molar-refractivity contribution in [3.63, 3.8) is 0 Å². The lowest BCUT2D eigenvalue weighted by Crippen LogP contribution is -1.92. The van der Waals surface area contributed by atoms with Gasteiger partial charge in [0.05, 0.1) is 0 Å². The minimum absolute atomic E-state index is 0.894. The molecule has 0 unspecified atom stereocenters. The monoisotopic (exact) mass is 348 g/mol. The van der Waals surface area contributed by atoms with Crippen LogP contribution in [0, 0.1) is 13.8 Å². The highest BCUT2D eigenvalue weighted by Crippen LogP contribution is 2.11. The van der Waals surface area contributed by atoms with Crippen LogP contribution in [0.1, 0.15) is 47.9 Å². The van der Waals surface area contributed by atoms with Crippen LogP contribution in [-0.2, 0) is 12.8 Å². The summed E-state index contributed by atoms with van der Waals surface area (Å²) in [5.41, 5.74) is 5.71. The smallest absolute Gasteiger partial charge is 0.0390 e. The number of unbranched alkanes of at least 4 members (excludes halogenated alkanes) is 2. The highest BCUT2D eigenvalue weighted by Gasteiger charge is 1.97. The number of hydrogen-bond donors (Lipinski definition) is 0. The van der Waals surface area contributed by atoms with Crippen molar-refractivity contribution < 1.29 is 0 Å². The Morgan fingerprint density at radius 1 is 0.615 bits per heavy atom. The fraction of sp³-hybridized carbons (Fsp3) is 0.417. The summed E-state index contributed by atoms with van der Waals surface area (Å²) in [6, 6.07) is 17.3. The van der Waals surface area contributed by atoms with E-state index in [1.54, 1.807) is 0 Å². The first-order valence-electron chi connectivity index (χ1n) is 9.84. The van der Waals surface area contributed by atoms with Gasteiger partial charge in [-0.25, -0.2) is 0 Å². The molecule has 0 aliphatic heterocycles. The van der Waals surface area contributed by atoms with E-state index in [9.17, 15) is 0 Å². The van der Waals surface area contributed by atoms with Gasteiger partial charge in [-0.2, -0.15) is 0 Å². The van der Waals surface area contributed by atoms with E-state index in [2.05, 4.69) is 72.4 Å². The molecule has 0 saturated heterocycles. The molecule has 0 atom stereocenters. The number of nitrogens with zero attached hydrogens (tertiary/aromatic N) is 2. The van der Waals surface area contributed by atoms with Crippen LogP contribution < -0.4 is 0 Å². The molecular weight excluding hydrogens is 316 g/mol. The molecule has 26 heavy (non-hydrogen) atoms. The number of hydrogen-bond acceptors (Lipinski definition) is 2. The minimum Gasteiger partial charge on any atom is -0.292 e. The third-order valence-electron chi connectivity index (χ3n) is 4.77. The molecule has 0 saturated carbocycles. The van der Waals surface area contributed by atoms with Crippen molar-refractivity contribution in [1.29, 1.82) is 0 Å². The average molecular weight is 349 g/mol. The lowest BCUT2D eigenvalue weighted by molar-refractivity contribution is 0.743. The number of rotatable bonds is 11. The molecule has 0 fully saturated rings. The molecule has 2 nitrogen and oxygen atoms in total. The maximum Gasteiger partial charge on any atom is 0.0390 e. The molecule has 0 amide bonds. The van der Waals surface area contributed by atoms with Gasteiger partial charge in [0, 0.05) is 25.5 Å². The van der Waals surface area contributed by atoms with Gasteiger partial charge in [0.1, 0.15) is 0 Å². The van der Waals surface area contributed by atoms with E-state index in [0.717, 1.165) is 38.8 Å². The Morgan fingerprint density at radius 2 is 1.04 bits per heavy atom. The molecule has 0 aliphatic carbocycles. The fourth-order valence-electron chi connectivity index (χ4n) is 3.06. The summed E-state index contributed by atoms with van der Waals surface area (Å²) >= 11 is 0. The van der Waals surface area contributed by atoms with E-state index < -0.39 is 0 Å². The Kier molecular flexibility index (Phi) is 9.42. The van der Waals surface area contributed by atoms with E-state index in [4.69, 9.17) is 0 Å². The van der Waals surface area contributed by atoms with Crippen molar-refractivity contribution in [3.05, 3.63) is 70.8 Å². The molecule has 0 aliphatic rings. The van der Waals surface area contributed by atoms with Gasteiger partial charge < -0.3 is 0 Å². The van der Waals surface area contributed by atoms with Gasteiger partial charge in [0.2, 0.25) is 0 Å². The second kappa shape index (κ2) is 12.2. The van der Waals surface area contributed by atoms with E-state index in [0.29, 0.717) is 0 Å². The van der Waals surface area contributed by atoms with Crippen LogP contribution in [0.2, 0.25) is 0 Å². The molecule has 2 rings (SSSR count). The van der Waals surface area contributed by atoms with Crippen LogP contribution in [0.5, 0.6) is 0 Å². The van der Waals surface area contributed by atoms with Crippen LogP contribution in [0.4, 0.5) is 0 Å². The molecule has 0 bridgehead atoms. The standard InChI is InChI=1S/C24H32N2/c1-21-11-3-5-13-23(21)15-7-9-17-25-19-20-26-18-10-8-16-24-14-6-4-12-22(24)2/h3-6,11-14,19-20H,7-10,15-18H2,1-2H3. The summed E-state index contributed by atoms with van der Waals surface area (Å²) in [6.07, 6.45) is 10.7. The van der Waals surface area contributed by atoms with Gasteiger partial charge in [-0.3, -0.25) is 9.98 Å². The Labute approximate surface area is 159 Å². The van der Waals surface area contributed by atoms with E-state index in [-0.39, 0.29) is 0 Å². The van der Waals surface area contributed by atoms with Crippen molar-refractivity contribution >= 4 is 12.4 Å². The predicted octanol–water partition coefficient (Wildman–Crippen LogP) is 5.79. The summed E-state index contributed by atoms with van der Waals surface area (Å²) in [5, 5.41) is 0. The van der Waals surface area contributed by atoms with Gasteiger partial charge in [-0.1, -0.05) is 48.5 Å². The molecule has 0 spiro atoms. The van der Waals surface area contributed by atoms with Gasteiger partial charge in [0.25, 0.3) is 0 Å². The molecular formula is C24H32N2. The van der Waals surface area contributed by atoms with Crippen LogP contribution in [0.25, 0.3) is 0 Å². The third-order valence-corrected chi connectivity index (χ3v) is 4.77. The normalized spacial score (nSPS) is 11.6. The van der Waals surface area contributed by atoms with Crippen LogP contribution in [-0.4, -0.2) is 25.5 Å². The zero-order chi connectivity index (χ0) is 18.5. The quantitative estimate of drug-likeness (QED) is 0.363. The van der Waals surface area contributed by atoms with Crippen LogP contribution >= 0.6 is 0 Å². The van der Waals surface area contributed by atoms with Crippen molar-refractivity contribution in [2.75, 3.05) is 13.1 Å². The SMILES string of the molecule is Cc1ccccc1CCCCN=CC=NCCCCc1ccccc1C. The first-order chi connectivity index (χ1) is 12.8. The van der Waals surface area contributed by atoms with Gasteiger partial charge in [-0.15, -0.1) is 0 Å². The molecule has 0 aromatic heterocycles. The maximum atomic E-state index is 4.43. The predicted molar refractivity (Wildman–Crippen MR) is 115 cm³/mol. The van der Waals surface area contributed by atoms with Crippen molar-refractivity contribution in [3.8, 4) is 0 Å². The van der Waals surface area contributed by atoms with Crippen molar-refractivity contribution in [2.24, 2.45) is 9.98 Å². The Bertz CT molecular complexity index is 639. The molecule has 0 N–H and O–H groups in total. The number of aliphatic imine (C=N–C) groups is 2. The molecule has 0 radical (unpaired) electrons. The first kappa shape index (κ1) is 20.1.